The number of likely N-dealkylation sites (tertiary alicyclic amines) is 1. The van der Waals surface area contributed by atoms with E-state index < -0.39 is 30.0 Å². The number of fused-ring (bicyclic) bond motifs is 1. The Morgan fingerprint density at radius 2 is 2.00 bits per heavy atom. The van der Waals surface area contributed by atoms with Crippen LogP contribution in [0.5, 0.6) is 0 Å². The van der Waals surface area contributed by atoms with Gasteiger partial charge in [-0.25, -0.2) is 23.9 Å². The summed E-state index contributed by atoms with van der Waals surface area (Å²) in [5.74, 6) is -0.447. The number of carboxylic acid groups (broad SMARTS) is 2. The highest BCUT2D eigenvalue weighted by atomic mass is 19.1. The van der Waals surface area contributed by atoms with Gasteiger partial charge in [0.25, 0.3) is 0 Å². The molecule has 11 nitrogen and oxygen atoms in total. The lowest BCUT2D eigenvalue weighted by molar-refractivity contribution is -0.141. The van der Waals surface area contributed by atoms with Gasteiger partial charge in [0.05, 0.1) is 29.4 Å². The lowest BCUT2D eigenvalue weighted by atomic mass is 10.1. The molecule has 1 amide bonds. The molecule has 0 bridgehead atoms. The first-order chi connectivity index (χ1) is 17.6. The van der Waals surface area contributed by atoms with Gasteiger partial charge in [0.15, 0.2) is 0 Å². The summed E-state index contributed by atoms with van der Waals surface area (Å²) in [6, 6.07) is 4.87. The molecule has 0 radical (unpaired) electrons. The van der Waals surface area contributed by atoms with E-state index in [1.54, 1.807) is 13.2 Å². The number of benzene rings is 1. The normalized spacial score (nSPS) is 18.4. The van der Waals surface area contributed by atoms with Crippen molar-refractivity contribution in [2.24, 2.45) is 0 Å². The lowest BCUT2D eigenvalue weighted by Crippen LogP contribution is -2.39. The van der Waals surface area contributed by atoms with E-state index >= 15 is 0 Å². The minimum atomic E-state index is -1.28. The third-order valence-electron chi connectivity index (χ3n) is 6.69. The van der Waals surface area contributed by atoms with E-state index in [0.29, 0.717) is 41.5 Å². The average molecular weight is 515 g/mol. The molecule has 1 aromatic carbocycles. The Morgan fingerprint density at radius 3 is 2.62 bits per heavy atom. The highest BCUT2D eigenvalue weighted by Gasteiger charge is 2.40. The summed E-state index contributed by atoms with van der Waals surface area (Å²) in [6.45, 7) is 4.83. The molecular formula is C25H31FN6O5. The summed E-state index contributed by atoms with van der Waals surface area (Å²) in [7, 11) is 3.48. The Balaban J connectivity index is 1.72. The van der Waals surface area contributed by atoms with Crippen LogP contribution in [0.4, 0.5) is 15.0 Å². The first-order valence-electron chi connectivity index (χ1n) is 11.9. The molecule has 3 atom stereocenters. The topological polar surface area (TPSA) is 142 Å². The first kappa shape index (κ1) is 26.3. The number of ether oxygens (including phenoxy) is 1. The Labute approximate surface area is 213 Å². The Bertz CT molecular complexity index is 1310. The van der Waals surface area contributed by atoms with Crippen LogP contribution in [0.25, 0.3) is 22.3 Å². The van der Waals surface area contributed by atoms with Crippen LogP contribution in [0.15, 0.2) is 24.3 Å². The van der Waals surface area contributed by atoms with Crippen LogP contribution in [-0.4, -0.2) is 87.1 Å². The van der Waals surface area contributed by atoms with Gasteiger partial charge in [-0.05, 0) is 38.6 Å². The van der Waals surface area contributed by atoms with E-state index in [1.165, 1.54) is 12.1 Å². The number of pyridine rings is 1. The maximum atomic E-state index is 14.7. The number of likely N-dealkylation sites (N-methyl/N-ethyl adjacent to an activating group) is 1. The van der Waals surface area contributed by atoms with Crippen molar-refractivity contribution in [2.75, 3.05) is 32.6 Å². The molecule has 0 saturated carbocycles. The van der Waals surface area contributed by atoms with Crippen LogP contribution in [0.3, 0.4) is 0 Å². The van der Waals surface area contributed by atoms with Gasteiger partial charge in [0.1, 0.15) is 23.5 Å². The van der Waals surface area contributed by atoms with Crippen LogP contribution >= 0.6 is 0 Å². The van der Waals surface area contributed by atoms with Gasteiger partial charge < -0.3 is 30.2 Å². The summed E-state index contributed by atoms with van der Waals surface area (Å²) >= 11 is 0. The number of hydrogen-bond acceptors (Lipinski definition) is 7. The number of carboxylic acids is 1. The van der Waals surface area contributed by atoms with Crippen molar-refractivity contribution in [2.45, 2.75) is 45.0 Å². The number of anilines is 1. The number of amides is 1. The molecule has 0 aliphatic carbocycles. The molecule has 1 fully saturated rings. The minimum absolute atomic E-state index is 0.0116. The summed E-state index contributed by atoms with van der Waals surface area (Å²) in [5.41, 5.74) is 3.07. The van der Waals surface area contributed by atoms with Crippen LogP contribution in [0.1, 0.15) is 17.8 Å². The van der Waals surface area contributed by atoms with Crippen molar-refractivity contribution in [3.8, 4) is 11.3 Å². The second-order valence-electron chi connectivity index (χ2n) is 9.23. The van der Waals surface area contributed by atoms with Gasteiger partial charge in [-0.15, -0.1) is 0 Å². The van der Waals surface area contributed by atoms with Gasteiger partial charge in [-0.3, -0.25) is 4.90 Å². The molecule has 1 unspecified atom stereocenters. The fourth-order valence-corrected chi connectivity index (χ4v) is 4.83. The van der Waals surface area contributed by atoms with Gasteiger partial charge in [-0.1, -0.05) is 6.07 Å². The van der Waals surface area contributed by atoms with E-state index in [9.17, 15) is 24.2 Å². The summed E-state index contributed by atoms with van der Waals surface area (Å²) < 4.78 is 22.3. The van der Waals surface area contributed by atoms with Crippen molar-refractivity contribution in [3.05, 3.63) is 41.5 Å². The van der Waals surface area contributed by atoms with Crippen LogP contribution in [-0.2, 0) is 16.1 Å². The number of hydrogen-bond donors (Lipinski definition) is 4. The fraction of sp³-hybridized carbons (Fsp3) is 0.440. The van der Waals surface area contributed by atoms with Crippen LogP contribution in [0.2, 0.25) is 0 Å². The minimum Gasteiger partial charge on any atom is -0.480 e. The molecule has 4 rings (SSSR count). The fourth-order valence-electron chi connectivity index (χ4n) is 4.83. The number of rotatable bonds is 9. The number of aliphatic carboxylic acids is 1. The van der Waals surface area contributed by atoms with E-state index in [-0.39, 0.29) is 19.1 Å². The second-order valence-corrected chi connectivity index (χ2v) is 9.23. The van der Waals surface area contributed by atoms with E-state index in [2.05, 4.69) is 15.6 Å². The van der Waals surface area contributed by atoms with E-state index in [1.807, 2.05) is 31.5 Å². The Hall–Kier alpha value is -3.77. The quantitative estimate of drug-likeness (QED) is 0.339. The largest absolute Gasteiger partial charge is 0.480 e. The highest BCUT2D eigenvalue weighted by molar-refractivity contribution is 5.92. The highest BCUT2D eigenvalue weighted by Crippen LogP contribution is 2.32. The van der Waals surface area contributed by atoms with Gasteiger partial charge in [0, 0.05) is 44.3 Å². The molecule has 1 aliphatic heterocycles. The van der Waals surface area contributed by atoms with Crippen molar-refractivity contribution in [1.29, 1.82) is 0 Å². The van der Waals surface area contributed by atoms with Crippen LogP contribution in [0, 0.1) is 19.7 Å². The molecule has 0 spiro atoms. The second kappa shape index (κ2) is 10.7. The SMILES string of the molecule is CNCC(Cn1c(C)nc2cc(F)cc(-c3ccc(C)c(N[C@H]4C[C@@H](C(=O)O)N(C(=O)O)C4)n3)c21)OC. The predicted octanol–water partition coefficient (Wildman–Crippen LogP) is 2.71. The number of halogens is 1. The monoisotopic (exact) mass is 514 g/mol. The molecule has 37 heavy (non-hydrogen) atoms. The van der Waals surface area contributed by atoms with E-state index in [4.69, 9.17) is 9.72 Å². The summed E-state index contributed by atoms with van der Waals surface area (Å²) in [5, 5.41) is 25.1. The van der Waals surface area contributed by atoms with Crippen LogP contribution < -0.4 is 10.6 Å². The maximum Gasteiger partial charge on any atom is 0.408 e. The molecule has 198 valence electrons. The van der Waals surface area contributed by atoms with Gasteiger partial charge in [0.2, 0.25) is 0 Å². The standard InChI is InChI=1S/C25H31FN6O5/c1-13-5-6-19(30-23(13)29-16-9-21(24(33)34)32(11-16)25(35)36)18-7-15(26)8-20-22(18)31(14(2)28-20)12-17(37-4)10-27-3/h5-8,16-17,21,27H,9-12H2,1-4H3,(H,29,30)(H,33,34)(H,35,36)/t16-,17?,21-/m0/s1. The number of aromatic nitrogens is 3. The number of nitrogens with zero attached hydrogens (tertiary/aromatic N) is 4. The zero-order valence-corrected chi connectivity index (χ0v) is 21.2. The summed E-state index contributed by atoms with van der Waals surface area (Å²) in [6.07, 6.45) is -1.31. The first-order valence-corrected chi connectivity index (χ1v) is 11.9. The van der Waals surface area contributed by atoms with E-state index in [0.717, 1.165) is 16.0 Å². The van der Waals surface area contributed by atoms with Crippen molar-refractivity contribution in [1.82, 2.24) is 24.8 Å². The third-order valence-corrected chi connectivity index (χ3v) is 6.69. The molecule has 12 heteroatoms. The smallest absolute Gasteiger partial charge is 0.408 e. The number of aryl methyl sites for hydroxylation is 2. The average Bonchev–Trinajstić information content (AvgIpc) is 3.40. The predicted molar refractivity (Wildman–Crippen MR) is 135 cm³/mol. The number of carbonyl (C=O) groups is 2. The Morgan fingerprint density at radius 1 is 1.24 bits per heavy atom. The molecule has 1 saturated heterocycles. The maximum absolute atomic E-state index is 14.7. The zero-order chi connectivity index (χ0) is 26.9. The Kier molecular flexibility index (Phi) is 7.60. The molecule has 2 aromatic heterocycles. The molecule has 1 aliphatic rings. The number of imidazole rings is 1. The molecule has 3 heterocycles. The van der Waals surface area contributed by atoms with Crippen molar-refractivity contribution >= 4 is 28.9 Å². The van der Waals surface area contributed by atoms with Crippen molar-refractivity contribution < 1.29 is 28.9 Å². The molecule has 3 aromatic rings. The van der Waals surface area contributed by atoms with Crippen molar-refractivity contribution in [3.63, 3.8) is 0 Å². The third kappa shape index (κ3) is 5.35. The number of methoxy groups -OCH3 is 1. The lowest BCUT2D eigenvalue weighted by Gasteiger charge is -2.19. The summed E-state index contributed by atoms with van der Waals surface area (Å²) in [4.78, 5) is 33.3. The zero-order valence-electron chi connectivity index (χ0n) is 21.2. The number of nitrogens with one attached hydrogen (secondary N) is 2. The van der Waals surface area contributed by atoms with Gasteiger partial charge >= 0.3 is 12.1 Å². The van der Waals surface area contributed by atoms with Gasteiger partial charge in [-0.2, -0.15) is 0 Å². The molecule has 4 N–H and O–H groups in total. The molecular weight excluding hydrogens is 483 g/mol.